The molecule has 3 rings (SSSR count). The van der Waals surface area contributed by atoms with E-state index in [0.717, 1.165) is 0 Å². The molecule has 0 atom stereocenters. The number of carbonyl (C=O) groups is 2. The fourth-order valence-electron chi connectivity index (χ4n) is 2.59. The quantitative estimate of drug-likeness (QED) is 0.931. The maximum Gasteiger partial charge on any atom is 0.412 e. The molecule has 24 heavy (non-hydrogen) atoms. The average molecular weight is 326 g/mol. The van der Waals surface area contributed by atoms with Gasteiger partial charge in [0.05, 0.1) is 6.20 Å². The van der Waals surface area contributed by atoms with Crippen molar-refractivity contribution >= 4 is 12.0 Å². The molecule has 124 valence electrons. The molecular formula is C17H18N4O3. The minimum Gasteiger partial charge on any atom is -0.410 e. The van der Waals surface area contributed by atoms with Gasteiger partial charge in [-0.3, -0.25) is 9.78 Å². The van der Waals surface area contributed by atoms with Crippen molar-refractivity contribution in [3.8, 4) is 5.75 Å². The Morgan fingerprint density at radius 2 is 1.88 bits per heavy atom. The second kappa shape index (κ2) is 7.54. The summed E-state index contributed by atoms with van der Waals surface area (Å²) in [6.45, 7) is 1.12. The first-order chi connectivity index (χ1) is 11.7. The highest BCUT2D eigenvalue weighted by Gasteiger charge is 2.25. The molecule has 7 nitrogen and oxygen atoms in total. The number of aromatic nitrogens is 2. The van der Waals surface area contributed by atoms with Crippen molar-refractivity contribution in [1.82, 2.24) is 20.2 Å². The Labute approximate surface area is 139 Å². The summed E-state index contributed by atoms with van der Waals surface area (Å²) in [5.41, 5.74) is 0.340. The van der Waals surface area contributed by atoms with Crippen molar-refractivity contribution < 1.29 is 14.3 Å². The number of hydrogen-bond donors (Lipinski definition) is 1. The molecule has 1 aliphatic rings. The van der Waals surface area contributed by atoms with Crippen LogP contribution in [-0.4, -0.2) is 46.0 Å². The van der Waals surface area contributed by atoms with Crippen LogP contribution in [0.15, 0.2) is 48.9 Å². The molecule has 1 aromatic carbocycles. The third-order valence-corrected chi connectivity index (χ3v) is 3.84. The highest BCUT2D eigenvalue weighted by atomic mass is 16.6. The number of carbonyl (C=O) groups excluding carboxylic acids is 2. The van der Waals surface area contributed by atoms with Crippen molar-refractivity contribution in [3.05, 3.63) is 54.6 Å². The van der Waals surface area contributed by atoms with Gasteiger partial charge in [0.25, 0.3) is 5.91 Å². The minimum absolute atomic E-state index is 0.00730. The molecule has 0 bridgehead atoms. The number of rotatable bonds is 3. The molecule has 1 saturated heterocycles. The maximum absolute atomic E-state index is 12.3. The summed E-state index contributed by atoms with van der Waals surface area (Å²) in [5.74, 6) is 0.374. The lowest BCUT2D eigenvalue weighted by molar-refractivity contribution is 0.0700. The zero-order valence-corrected chi connectivity index (χ0v) is 13.1. The van der Waals surface area contributed by atoms with E-state index in [9.17, 15) is 9.59 Å². The van der Waals surface area contributed by atoms with Crippen LogP contribution in [0.3, 0.4) is 0 Å². The molecule has 0 saturated carbocycles. The van der Waals surface area contributed by atoms with E-state index in [0.29, 0.717) is 37.4 Å². The normalized spacial score (nSPS) is 14.9. The number of benzene rings is 1. The standard InChI is InChI=1S/C17H18N4O3/c22-16(15-12-18-8-9-19-15)21-10-6-13(7-11-21)20-17(23)24-14-4-2-1-3-5-14/h1-5,8-9,12-13H,6-7,10-11H2,(H,20,23). The van der Waals surface area contributed by atoms with Crippen LogP contribution in [0.1, 0.15) is 23.3 Å². The topological polar surface area (TPSA) is 84.4 Å². The van der Waals surface area contributed by atoms with Gasteiger partial charge in [0, 0.05) is 31.5 Å². The van der Waals surface area contributed by atoms with E-state index >= 15 is 0 Å². The van der Waals surface area contributed by atoms with Crippen LogP contribution in [0.4, 0.5) is 4.79 Å². The molecule has 1 N–H and O–H groups in total. The van der Waals surface area contributed by atoms with Gasteiger partial charge in [0.2, 0.25) is 0 Å². The number of amides is 2. The first-order valence-corrected chi connectivity index (χ1v) is 7.81. The number of hydrogen-bond acceptors (Lipinski definition) is 5. The van der Waals surface area contributed by atoms with Crippen molar-refractivity contribution in [2.45, 2.75) is 18.9 Å². The molecule has 1 aliphatic heterocycles. The van der Waals surface area contributed by atoms with Crippen LogP contribution in [0, 0.1) is 0 Å². The van der Waals surface area contributed by atoms with Crippen molar-refractivity contribution in [1.29, 1.82) is 0 Å². The van der Waals surface area contributed by atoms with E-state index in [1.165, 1.54) is 18.6 Å². The van der Waals surface area contributed by atoms with Gasteiger partial charge in [-0.15, -0.1) is 0 Å². The summed E-state index contributed by atoms with van der Waals surface area (Å²) in [6, 6.07) is 8.91. The highest BCUT2D eigenvalue weighted by Crippen LogP contribution is 2.14. The van der Waals surface area contributed by atoms with Crippen LogP contribution >= 0.6 is 0 Å². The molecule has 0 spiro atoms. The molecule has 2 heterocycles. The lowest BCUT2D eigenvalue weighted by Crippen LogP contribution is -2.47. The predicted molar refractivity (Wildman–Crippen MR) is 86.6 cm³/mol. The smallest absolute Gasteiger partial charge is 0.410 e. The van der Waals surface area contributed by atoms with E-state index in [2.05, 4.69) is 15.3 Å². The maximum atomic E-state index is 12.3. The van der Waals surface area contributed by atoms with Crippen LogP contribution in [0.2, 0.25) is 0 Å². The van der Waals surface area contributed by atoms with Crippen molar-refractivity contribution in [2.24, 2.45) is 0 Å². The summed E-state index contributed by atoms with van der Waals surface area (Å²) in [5, 5.41) is 2.84. The SMILES string of the molecule is O=C(NC1CCN(C(=O)c2cnccn2)CC1)Oc1ccccc1. The predicted octanol–water partition coefficient (Wildman–Crippen LogP) is 1.87. The third kappa shape index (κ3) is 4.07. The van der Waals surface area contributed by atoms with Gasteiger partial charge >= 0.3 is 6.09 Å². The Morgan fingerprint density at radius 3 is 2.54 bits per heavy atom. The number of ether oxygens (including phenoxy) is 1. The Morgan fingerprint density at radius 1 is 1.12 bits per heavy atom. The van der Waals surface area contributed by atoms with Gasteiger partial charge in [-0.2, -0.15) is 0 Å². The second-order valence-corrected chi connectivity index (χ2v) is 5.50. The zero-order valence-electron chi connectivity index (χ0n) is 13.1. The lowest BCUT2D eigenvalue weighted by Gasteiger charge is -2.31. The van der Waals surface area contributed by atoms with E-state index in [4.69, 9.17) is 4.74 Å². The third-order valence-electron chi connectivity index (χ3n) is 3.84. The molecule has 0 unspecified atom stereocenters. The summed E-state index contributed by atoms with van der Waals surface area (Å²) < 4.78 is 5.21. The van der Waals surface area contributed by atoms with E-state index in [1.54, 1.807) is 29.2 Å². The molecule has 1 aromatic heterocycles. The van der Waals surface area contributed by atoms with Gasteiger partial charge in [-0.25, -0.2) is 9.78 Å². The van der Waals surface area contributed by atoms with Crippen LogP contribution < -0.4 is 10.1 Å². The van der Waals surface area contributed by atoms with Gasteiger partial charge in [0.1, 0.15) is 11.4 Å². The van der Waals surface area contributed by atoms with E-state index in [-0.39, 0.29) is 11.9 Å². The van der Waals surface area contributed by atoms with E-state index in [1.807, 2.05) is 6.07 Å². The van der Waals surface area contributed by atoms with Crippen LogP contribution in [0.5, 0.6) is 5.75 Å². The molecule has 0 aliphatic carbocycles. The number of nitrogens with one attached hydrogen (secondary N) is 1. The van der Waals surface area contributed by atoms with Gasteiger partial charge in [0.15, 0.2) is 0 Å². The fourth-order valence-corrected chi connectivity index (χ4v) is 2.59. The monoisotopic (exact) mass is 326 g/mol. The molecule has 2 amide bonds. The van der Waals surface area contributed by atoms with Gasteiger partial charge < -0.3 is 15.0 Å². The van der Waals surface area contributed by atoms with Crippen molar-refractivity contribution in [2.75, 3.05) is 13.1 Å². The Hall–Kier alpha value is -2.96. The first-order valence-electron chi connectivity index (χ1n) is 7.81. The van der Waals surface area contributed by atoms with E-state index < -0.39 is 6.09 Å². The van der Waals surface area contributed by atoms with Crippen LogP contribution in [0.25, 0.3) is 0 Å². The Bertz CT molecular complexity index is 685. The zero-order chi connectivity index (χ0) is 16.8. The lowest BCUT2D eigenvalue weighted by atomic mass is 10.1. The molecule has 7 heteroatoms. The summed E-state index contributed by atoms with van der Waals surface area (Å²) in [7, 11) is 0. The number of piperidine rings is 1. The fraction of sp³-hybridized carbons (Fsp3) is 0.294. The van der Waals surface area contributed by atoms with Crippen LogP contribution in [-0.2, 0) is 0 Å². The first kappa shape index (κ1) is 15.9. The van der Waals surface area contributed by atoms with Crippen molar-refractivity contribution in [3.63, 3.8) is 0 Å². The largest absolute Gasteiger partial charge is 0.412 e. The Balaban J connectivity index is 1.47. The van der Waals surface area contributed by atoms with Gasteiger partial charge in [-0.05, 0) is 25.0 Å². The highest BCUT2D eigenvalue weighted by molar-refractivity contribution is 5.92. The Kier molecular flexibility index (Phi) is 5.00. The minimum atomic E-state index is -0.472. The summed E-state index contributed by atoms with van der Waals surface area (Å²) >= 11 is 0. The number of para-hydroxylation sites is 1. The van der Waals surface area contributed by atoms with Gasteiger partial charge in [-0.1, -0.05) is 18.2 Å². The molecule has 0 radical (unpaired) electrons. The average Bonchev–Trinajstić information content (AvgIpc) is 2.63. The molecule has 2 aromatic rings. The summed E-state index contributed by atoms with van der Waals surface area (Å²) in [6.07, 6.45) is 5.38. The molecular weight excluding hydrogens is 308 g/mol. The molecule has 1 fully saturated rings. The number of nitrogens with zero attached hydrogens (tertiary/aromatic N) is 3. The second-order valence-electron chi connectivity index (χ2n) is 5.50. The number of likely N-dealkylation sites (tertiary alicyclic amines) is 1. The summed E-state index contributed by atoms with van der Waals surface area (Å²) in [4.78, 5) is 33.8.